The first kappa shape index (κ1) is 7.74. The summed E-state index contributed by atoms with van der Waals surface area (Å²) in [7, 11) is 0. The molecule has 0 unspecified atom stereocenters. The molecule has 1 aromatic heterocycles. The van der Waals surface area contributed by atoms with Crippen LogP contribution in [0.4, 0.5) is 5.95 Å². The molecule has 1 aliphatic rings. The number of hydrogen-bond donors (Lipinski definition) is 0. The van der Waals surface area contributed by atoms with Gasteiger partial charge >= 0.3 is 0 Å². The molecule has 0 bridgehead atoms. The molecule has 0 aliphatic carbocycles. The van der Waals surface area contributed by atoms with Crippen molar-refractivity contribution in [1.82, 2.24) is 9.55 Å². The molecule has 70 valence electrons. The Morgan fingerprint density at radius 3 is 3.07 bits per heavy atom. The SMILES string of the molecule is CC1=Nc2nc3ccccc3n2CC1. The van der Waals surface area contributed by atoms with E-state index in [0.29, 0.717) is 0 Å². The Kier molecular flexibility index (Phi) is 1.48. The first-order valence-corrected chi connectivity index (χ1v) is 4.84. The lowest BCUT2D eigenvalue weighted by atomic mass is 10.2. The Bertz CT molecular complexity index is 522. The number of aromatic nitrogens is 2. The van der Waals surface area contributed by atoms with Crippen LogP contribution in [-0.2, 0) is 6.54 Å². The molecule has 0 fully saturated rings. The second-order valence-corrected chi connectivity index (χ2v) is 3.65. The van der Waals surface area contributed by atoms with Gasteiger partial charge in [-0.05, 0) is 19.1 Å². The molecule has 2 heterocycles. The summed E-state index contributed by atoms with van der Waals surface area (Å²) in [5.41, 5.74) is 3.41. The lowest BCUT2D eigenvalue weighted by Gasteiger charge is -2.11. The Morgan fingerprint density at radius 1 is 1.29 bits per heavy atom. The zero-order valence-corrected chi connectivity index (χ0v) is 8.07. The Hall–Kier alpha value is -1.64. The summed E-state index contributed by atoms with van der Waals surface area (Å²) in [6.07, 6.45) is 1.04. The average molecular weight is 185 g/mol. The van der Waals surface area contributed by atoms with Crippen molar-refractivity contribution < 1.29 is 0 Å². The number of rotatable bonds is 0. The Labute approximate surface area is 82.1 Å². The van der Waals surface area contributed by atoms with E-state index in [0.717, 1.165) is 24.4 Å². The van der Waals surface area contributed by atoms with Gasteiger partial charge in [0.25, 0.3) is 0 Å². The van der Waals surface area contributed by atoms with E-state index in [-0.39, 0.29) is 0 Å². The molecule has 0 saturated heterocycles. The zero-order valence-electron chi connectivity index (χ0n) is 8.07. The third-order valence-corrected chi connectivity index (χ3v) is 2.62. The molecular formula is C11H11N3. The quantitative estimate of drug-likeness (QED) is 0.620. The maximum atomic E-state index is 4.48. The number of aliphatic imine (C=N–C) groups is 1. The first-order chi connectivity index (χ1) is 6.84. The highest BCUT2D eigenvalue weighted by molar-refractivity contribution is 5.87. The minimum atomic E-state index is 0.856. The molecule has 1 aliphatic heterocycles. The summed E-state index contributed by atoms with van der Waals surface area (Å²) >= 11 is 0. The van der Waals surface area contributed by atoms with Crippen LogP contribution in [0.5, 0.6) is 0 Å². The van der Waals surface area contributed by atoms with E-state index in [9.17, 15) is 0 Å². The largest absolute Gasteiger partial charge is 0.308 e. The second kappa shape index (κ2) is 2.67. The van der Waals surface area contributed by atoms with Crippen LogP contribution in [0.15, 0.2) is 29.3 Å². The van der Waals surface area contributed by atoms with E-state index in [2.05, 4.69) is 27.5 Å². The molecular weight excluding hydrogens is 174 g/mol. The highest BCUT2D eigenvalue weighted by Gasteiger charge is 2.13. The van der Waals surface area contributed by atoms with Gasteiger partial charge in [0.15, 0.2) is 0 Å². The lowest BCUT2D eigenvalue weighted by molar-refractivity contribution is 0.728. The maximum Gasteiger partial charge on any atom is 0.230 e. The molecule has 0 atom stereocenters. The third-order valence-electron chi connectivity index (χ3n) is 2.62. The first-order valence-electron chi connectivity index (χ1n) is 4.84. The van der Waals surface area contributed by atoms with Crippen LogP contribution in [0.25, 0.3) is 11.0 Å². The summed E-state index contributed by atoms with van der Waals surface area (Å²) < 4.78 is 2.18. The van der Waals surface area contributed by atoms with Crippen molar-refractivity contribution in [1.29, 1.82) is 0 Å². The molecule has 0 N–H and O–H groups in total. The van der Waals surface area contributed by atoms with Crippen LogP contribution in [0.1, 0.15) is 13.3 Å². The molecule has 1 aromatic carbocycles. The molecule has 3 rings (SSSR count). The van der Waals surface area contributed by atoms with Crippen LogP contribution in [0, 0.1) is 0 Å². The second-order valence-electron chi connectivity index (χ2n) is 3.65. The van der Waals surface area contributed by atoms with Crippen LogP contribution in [-0.4, -0.2) is 15.3 Å². The minimum absolute atomic E-state index is 0.856. The summed E-state index contributed by atoms with van der Waals surface area (Å²) in [6.45, 7) is 3.06. The van der Waals surface area contributed by atoms with Crippen molar-refractivity contribution in [2.24, 2.45) is 4.99 Å². The fraction of sp³-hybridized carbons (Fsp3) is 0.273. The smallest absolute Gasteiger partial charge is 0.230 e. The molecule has 3 nitrogen and oxygen atoms in total. The summed E-state index contributed by atoms with van der Waals surface area (Å²) in [6, 6.07) is 8.19. The maximum absolute atomic E-state index is 4.48. The van der Waals surface area contributed by atoms with Crippen LogP contribution in [0.2, 0.25) is 0 Å². The standard InChI is InChI=1S/C11H11N3/c1-8-6-7-14-10-5-3-2-4-9(10)13-11(14)12-8/h2-5H,6-7H2,1H3. The van der Waals surface area contributed by atoms with E-state index in [1.807, 2.05) is 18.2 Å². The van der Waals surface area contributed by atoms with Gasteiger partial charge in [-0.2, -0.15) is 0 Å². The van der Waals surface area contributed by atoms with Crippen LogP contribution in [0.3, 0.4) is 0 Å². The van der Waals surface area contributed by atoms with Crippen molar-refractivity contribution in [3.05, 3.63) is 24.3 Å². The molecule has 3 heteroatoms. The van der Waals surface area contributed by atoms with Crippen molar-refractivity contribution in [3.8, 4) is 0 Å². The molecule has 14 heavy (non-hydrogen) atoms. The number of para-hydroxylation sites is 2. The highest BCUT2D eigenvalue weighted by Crippen LogP contribution is 2.25. The molecule has 2 aromatic rings. The zero-order chi connectivity index (χ0) is 9.54. The molecule has 0 radical (unpaired) electrons. The minimum Gasteiger partial charge on any atom is -0.308 e. The van der Waals surface area contributed by atoms with E-state index in [1.54, 1.807) is 0 Å². The van der Waals surface area contributed by atoms with E-state index in [4.69, 9.17) is 0 Å². The number of hydrogen-bond acceptors (Lipinski definition) is 2. The van der Waals surface area contributed by atoms with E-state index < -0.39 is 0 Å². The number of fused-ring (bicyclic) bond motifs is 3. The van der Waals surface area contributed by atoms with Crippen molar-refractivity contribution in [2.45, 2.75) is 19.9 Å². The van der Waals surface area contributed by atoms with Gasteiger partial charge in [-0.25, -0.2) is 9.98 Å². The Morgan fingerprint density at radius 2 is 2.14 bits per heavy atom. The van der Waals surface area contributed by atoms with Gasteiger partial charge in [-0.1, -0.05) is 12.1 Å². The van der Waals surface area contributed by atoms with E-state index >= 15 is 0 Å². The van der Waals surface area contributed by atoms with Gasteiger partial charge in [0.2, 0.25) is 5.95 Å². The van der Waals surface area contributed by atoms with Gasteiger partial charge in [-0.3, -0.25) is 0 Å². The normalized spacial score (nSPS) is 15.4. The fourth-order valence-electron chi connectivity index (χ4n) is 1.87. The fourth-order valence-corrected chi connectivity index (χ4v) is 1.87. The molecule has 0 spiro atoms. The molecule has 0 amide bonds. The summed E-state index contributed by atoms with van der Waals surface area (Å²) in [5.74, 6) is 0.856. The van der Waals surface area contributed by atoms with E-state index in [1.165, 1.54) is 11.2 Å². The molecule has 0 saturated carbocycles. The van der Waals surface area contributed by atoms with Crippen molar-refractivity contribution >= 4 is 22.7 Å². The summed E-state index contributed by atoms with van der Waals surface area (Å²) in [5, 5.41) is 0. The van der Waals surface area contributed by atoms with Crippen LogP contribution >= 0.6 is 0 Å². The van der Waals surface area contributed by atoms with Gasteiger partial charge in [-0.15, -0.1) is 0 Å². The Balaban J connectivity index is 2.35. The third kappa shape index (κ3) is 0.985. The van der Waals surface area contributed by atoms with Gasteiger partial charge < -0.3 is 4.57 Å². The van der Waals surface area contributed by atoms with Gasteiger partial charge in [0.05, 0.1) is 11.0 Å². The predicted octanol–water partition coefficient (Wildman–Crippen LogP) is 2.53. The average Bonchev–Trinajstić information content (AvgIpc) is 2.54. The van der Waals surface area contributed by atoms with Crippen LogP contribution < -0.4 is 0 Å². The lowest BCUT2D eigenvalue weighted by Crippen LogP contribution is -2.07. The van der Waals surface area contributed by atoms with Crippen molar-refractivity contribution in [3.63, 3.8) is 0 Å². The van der Waals surface area contributed by atoms with Gasteiger partial charge in [0, 0.05) is 18.7 Å². The predicted molar refractivity (Wildman–Crippen MR) is 57.1 cm³/mol. The topological polar surface area (TPSA) is 30.2 Å². The summed E-state index contributed by atoms with van der Waals surface area (Å²) in [4.78, 5) is 8.93. The van der Waals surface area contributed by atoms with Crippen molar-refractivity contribution in [2.75, 3.05) is 0 Å². The number of aryl methyl sites for hydroxylation is 1. The monoisotopic (exact) mass is 185 g/mol. The number of nitrogens with zero attached hydrogens (tertiary/aromatic N) is 3. The number of benzene rings is 1. The highest BCUT2D eigenvalue weighted by atomic mass is 15.2. The van der Waals surface area contributed by atoms with Gasteiger partial charge in [0.1, 0.15) is 0 Å². The number of imidazole rings is 1.